The number of anilines is 2. The fraction of sp³-hybridized carbons (Fsp3) is 0.222. The Morgan fingerprint density at radius 1 is 1.17 bits per heavy atom. The summed E-state index contributed by atoms with van der Waals surface area (Å²) >= 11 is 0. The molecule has 0 saturated heterocycles. The van der Waals surface area contributed by atoms with Crippen LogP contribution in [0.5, 0.6) is 0 Å². The van der Waals surface area contributed by atoms with E-state index in [9.17, 15) is 9.18 Å². The Morgan fingerprint density at radius 3 is 2.35 bits per heavy atom. The van der Waals surface area contributed by atoms with Gasteiger partial charge in [0, 0.05) is 24.5 Å². The molecule has 0 unspecified atom stereocenters. The molecule has 0 saturated carbocycles. The van der Waals surface area contributed by atoms with Crippen molar-refractivity contribution >= 4 is 17.3 Å². The first-order valence-corrected chi connectivity index (χ1v) is 7.45. The molecular formula is C18H18FN3O. The number of amides is 1. The summed E-state index contributed by atoms with van der Waals surface area (Å²) in [5.74, 6) is -1.25. The van der Waals surface area contributed by atoms with E-state index in [2.05, 4.69) is 24.1 Å². The molecule has 2 aromatic rings. The Morgan fingerprint density at radius 2 is 1.83 bits per heavy atom. The Kier molecular flexibility index (Phi) is 5.32. The molecule has 0 heterocycles. The average Bonchev–Trinajstić information content (AvgIpc) is 2.57. The van der Waals surface area contributed by atoms with Gasteiger partial charge in [0.25, 0.3) is 5.91 Å². The van der Waals surface area contributed by atoms with Crippen molar-refractivity contribution in [2.75, 3.05) is 23.3 Å². The van der Waals surface area contributed by atoms with Crippen LogP contribution in [0.4, 0.5) is 15.8 Å². The minimum atomic E-state index is -0.707. The maximum Gasteiger partial charge on any atom is 0.258 e. The number of carbonyl (C=O) groups excluding carboxylic acids is 1. The summed E-state index contributed by atoms with van der Waals surface area (Å²) in [5.41, 5.74) is 1.76. The van der Waals surface area contributed by atoms with Crippen molar-refractivity contribution in [3.63, 3.8) is 0 Å². The fourth-order valence-corrected chi connectivity index (χ4v) is 2.31. The van der Waals surface area contributed by atoms with Crippen molar-refractivity contribution in [3.8, 4) is 6.07 Å². The molecule has 0 spiro atoms. The molecule has 0 fully saturated rings. The Hall–Kier alpha value is -2.87. The second-order valence-corrected chi connectivity index (χ2v) is 4.98. The van der Waals surface area contributed by atoms with E-state index in [0.29, 0.717) is 5.69 Å². The van der Waals surface area contributed by atoms with Crippen LogP contribution < -0.4 is 10.2 Å². The largest absolute Gasteiger partial charge is 0.372 e. The summed E-state index contributed by atoms with van der Waals surface area (Å²) in [6, 6.07) is 13.0. The molecule has 5 heteroatoms. The molecule has 0 atom stereocenters. The fourth-order valence-electron chi connectivity index (χ4n) is 2.31. The van der Waals surface area contributed by atoms with Gasteiger partial charge in [-0.2, -0.15) is 5.26 Å². The van der Waals surface area contributed by atoms with Crippen molar-refractivity contribution in [2.24, 2.45) is 0 Å². The highest BCUT2D eigenvalue weighted by atomic mass is 19.1. The first-order chi connectivity index (χ1) is 11.1. The first-order valence-electron chi connectivity index (χ1n) is 7.45. The lowest BCUT2D eigenvalue weighted by molar-refractivity contribution is 0.102. The average molecular weight is 311 g/mol. The van der Waals surface area contributed by atoms with Gasteiger partial charge in [0.2, 0.25) is 0 Å². The van der Waals surface area contributed by atoms with Gasteiger partial charge >= 0.3 is 0 Å². The van der Waals surface area contributed by atoms with Crippen LogP contribution >= 0.6 is 0 Å². The van der Waals surface area contributed by atoms with Gasteiger partial charge in [-0.3, -0.25) is 4.79 Å². The van der Waals surface area contributed by atoms with Crippen LogP contribution in [-0.4, -0.2) is 19.0 Å². The molecule has 1 N–H and O–H groups in total. The SMILES string of the molecule is CCN(CC)c1ccc(NC(=O)c2ccc(C#N)cc2F)cc1. The predicted molar refractivity (Wildman–Crippen MR) is 89.1 cm³/mol. The van der Waals surface area contributed by atoms with Crippen molar-refractivity contribution in [2.45, 2.75) is 13.8 Å². The van der Waals surface area contributed by atoms with Gasteiger partial charge in [-0.25, -0.2) is 4.39 Å². The van der Waals surface area contributed by atoms with Crippen LogP contribution in [-0.2, 0) is 0 Å². The predicted octanol–water partition coefficient (Wildman–Crippen LogP) is 3.80. The Labute approximate surface area is 135 Å². The summed E-state index contributed by atoms with van der Waals surface area (Å²) in [4.78, 5) is 14.3. The molecule has 2 aromatic carbocycles. The van der Waals surface area contributed by atoms with Crippen molar-refractivity contribution in [1.82, 2.24) is 0 Å². The highest BCUT2D eigenvalue weighted by Gasteiger charge is 2.12. The minimum Gasteiger partial charge on any atom is -0.372 e. The lowest BCUT2D eigenvalue weighted by atomic mass is 10.1. The molecule has 23 heavy (non-hydrogen) atoms. The van der Waals surface area contributed by atoms with Gasteiger partial charge in [-0.05, 0) is 56.3 Å². The normalized spacial score (nSPS) is 10.0. The molecular weight excluding hydrogens is 293 g/mol. The topological polar surface area (TPSA) is 56.1 Å². The molecule has 0 bridgehead atoms. The molecule has 1 amide bonds. The number of nitriles is 1. The summed E-state index contributed by atoms with van der Waals surface area (Å²) in [6.07, 6.45) is 0. The first kappa shape index (κ1) is 16.5. The van der Waals surface area contributed by atoms with Crippen LogP contribution in [0.1, 0.15) is 29.8 Å². The van der Waals surface area contributed by atoms with E-state index in [1.807, 2.05) is 18.2 Å². The smallest absolute Gasteiger partial charge is 0.258 e. The maximum absolute atomic E-state index is 13.8. The van der Waals surface area contributed by atoms with Gasteiger partial charge in [0.15, 0.2) is 0 Å². The number of rotatable bonds is 5. The molecule has 0 aliphatic carbocycles. The maximum atomic E-state index is 13.8. The summed E-state index contributed by atoms with van der Waals surface area (Å²) in [7, 11) is 0. The van der Waals surface area contributed by atoms with E-state index in [4.69, 9.17) is 5.26 Å². The number of hydrogen-bond acceptors (Lipinski definition) is 3. The molecule has 4 nitrogen and oxygen atoms in total. The van der Waals surface area contributed by atoms with E-state index in [1.54, 1.807) is 12.1 Å². The molecule has 0 aliphatic rings. The number of nitrogens with one attached hydrogen (secondary N) is 1. The van der Waals surface area contributed by atoms with Crippen LogP contribution in [0.25, 0.3) is 0 Å². The van der Waals surface area contributed by atoms with Gasteiger partial charge in [0.1, 0.15) is 5.82 Å². The number of carbonyl (C=O) groups is 1. The molecule has 0 radical (unpaired) electrons. The lowest BCUT2D eigenvalue weighted by Crippen LogP contribution is -2.21. The zero-order valence-corrected chi connectivity index (χ0v) is 13.1. The van der Waals surface area contributed by atoms with Crippen LogP contribution in [0.15, 0.2) is 42.5 Å². The number of benzene rings is 2. The zero-order chi connectivity index (χ0) is 16.8. The number of nitrogens with zero attached hydrogens (tertiary/aromatic N) is 2. The van der Waals surface area contributed by atoms with Crippen molar-refractivity contribution in [1.29, 1.82) is 5.26 Å². The highest BCUT2D eigenvalue weighted by Crippen LogP contribution is 2.19. The Balaban J connectivity index is 2.13. The number of halogens is 1. The standard InChI is InChI=1S/C18H18FN3O/c1-3-22(4-2)15-8-6-14(7-9-15)21-18(23)16-10-5-13(12-20)11-17(16)19/h5-11H,3-4H2,1-2H3,(H,21,23). The summed E-state index contributed by atoms with van der Waals surface area (Å²) in [6.45, 7) is 5.96. The van der Waals surface area contributed by atoms with E-state index in [0.717, 1.165) is 24.8 Å². The van der Waals surface area contributed by atoms with E-state index >= 15 is 0 Å². The van der Waals surface area contributed by atoms with E-state index in [1.165, 1.54) is 12.1 Å². The van der Waals surface area contributed by atoms with E-state index in [-0.39, 0.29) is 11.1 Å². The van der Waals surface area contributed by atoms with Gasteiger partial charge in [0.05, 0.1) is 17.2 Å². The second-order valence-electron chi connectivity index (χ2n) is 4.98. The van der Waals surface area contributed by atoms with Crippen molar-refractivity contribution in [3.05, 3.63) is 59.4 Å². The highest BCUT2D eigenvalue weighted by molar-refractivity contribution is 6.04. The van der Waals surface area contributed by atoms with Gasteiger partial charge in [-0.15, -0.1) is 0 Å². The van der Waals surface area contributed by atoms with Crippen LogP contribution in [0.2, 0.25) is 0 Å². The third-order valence-corrected chi connectivity index (χ3v) is 3.60. The van der Waals surface area contributed by atoms with Crippen molar-refractivity contribution < 1.29 is 9.18 Å². The molecule has 118 valence electrons. The summed E-state index contributed by atoms with van der Waals surface area (Å²) in [5, 5.41) is 11.4. The van der Waals surface area contributed by atoms with Gasteiger partial charge < -0.3 is 10.2 Å². The zero-order valence-electron chi connectivity index (χ0n) is 13.1. The minimum absolute atomic E-state index is 0.0863. The summed E-state index contributed by atoms with van der Waals surface area (Å²) < 4.78 is 13.8. The third-order valence-electron chi connectivity index (χ3n) is 3.60. The quantitative estimate of drug-likeness (QED) is 0.914. The lowest BCUT2D eigenvalue weighted by Gasteiger charge is -2.21. The monoisotopic (exact) mass is 311 g/mol. The molecule has 2 rings (SSSR count). The van der Waals surface area contributed by atoms with Gasteiger partial charge in [-0.1, -0.05) is 0 Å². The van der Waals surface area contributed by atoms with E-state index < -0.39 is 11.7 Å². The molecule has 0 aromatic heterocycles. The molecule has 0 aliphatic heterocycles. The van der Waals surface area contributed by atoms with Crippen LogP contribution in [0.3, 0.4) is 0 Å². The third kappa shape index (κ3) is 3.86. The Bertz CT molecular complexity index is 731. The number of hydrogen-bond donors (Lipinski definition) is 1. The van der Waals surface area contributed by atoms with Crippen LogP contribution in [0, 0.1) is 17.1 Å². The second kappa shape index (κ2) is 7.41.